The van der Waals surface area contributed by atoms with Crippen molar-refractivity contribution in [3.05, 3.63) is 0 Å². The summed E-state index contributed by atoms with van der Waals surface area (Å²) in [7, 11) is 0. The molecule has 1 heterocycles. The lowest BCUT2D eigenvalue weighted by Crippen LogP contribution is -2.42. The average molecular weight is 267 g/mol. The predicted octanol–water partition coefficient (Wildman–Crippen LogP) is 2.64. The number of ketones is 1. The molecular formula is C16H29NO2. The third-order valence-electron chi connectivity index (χ3n) is 4.68. The number of nitrogens with one attached hydrogen (secondary N) is 1. The fourth-order valence-corrected chi connectivity index (χ4v) is 3.85. The van der Waals surface area contributed by atoms with Gasteiger partial charge in [0.05, 0.1) is 19.1 Å². The molecule has 2 aliphatic rings. The third-order valence-corrected chi connectivity index (χ3v) is 4.68. The number of ether oxygens (including phenoxy) is 1. The summed E-state index contributed by atoms with van der Waals surface area (Å²) < 4.78 is 5.55. The minimum absolute atomic E-state index is 0.0917. The van der Waals surface area contributed by atoms with Crippen LogP contribution in [0.15, 0.2) is 0 Å². The summed E-state index contributed by atoms with van der Waals surface area (Å²) in [5, 5.41) is 3.48. The van der Waals surface area contributed by atoms with Crippen LogP contribution < -0.4 is 5.32 Å². The number of rotatable bonds is 5. The molecule has 0 amide bonds. The van der Waals surface area contributed by atoms with Gasteiger partial charge in [0.1, 0.15) is 5.78 Å². The van der Waals surface area contributed by atoms with Crippen LogP contribution in [0.4, 0.5) is 0 Å². The normalized spacial score (nSPS) is 39.4. The van der Waals surface area contributed by atoms with Crippen molar-refractivity contribution in [2.24, 2.45) is 23.7 Å². The highest BCUT2D eigenvalue weighted by atomic mass is 16.5. The van der Waals surface area contributed by atoms with Crippen LogP contribution >= 0.6 is 0 Å². The van der Waals surface area contributed by atoms with Crippen molar-refractivity contribution in [2.75, 3.05) is 19.8 Å². The van der Waals surface area contributed by atoms with E-state index in [0.717, 1.165) is 25.8 Å². The van der Waals surface area contributed by atoms with Gasteiger partial charge in [0, 0.05) is 12.0 Å². The largest absolute Gasteiger partial charge is 0.379 e. The Hall–Kier alpha value is -0.410. The van der Waals surface area contributed by atoms with Gasteiger partial charge in [-0.3, -0.25) is 4.79 Å². The van der Waals surface area contributed by atoms with Crippen molar-refractivity contribution in [1.29, 1.82) is 0 Å². The molecule has 1 aliphatic heterocycles. The SMILES string of the molecule is CCCNC1COCC1C(=O)C1CC(C)CC(C)C1. The molecule has 0 bridgehead atoms. The monoisotopic (exact) mass is 267 g/mol. The summed E-state index contributed by atoms with van der Waals surface area (Å²) in [5.74, 6) is 2.22. The van der Waals surface area contributed by atoms with Gasteiger partial charge in [-0.05, 0) is 44.1 Å². The fourth-order valence-electron chi connectivity index (χ4n) is 3.85. The molecule has 3 nitrogen and oxygen atoms in total. The Morgan fingerprint density at radius 2 is 1.84 bits per heavy atom. The van der Waals surface area contributed by atoms with E-state index in [1.807, 2.05) is 0 Å². The van der Waals surface area contributed by atoms with Crippen LogP contribution in [0.25, 0.3) is 0 Å². The minimum atomic E-state index is 0.0917. The highest BCUT2D eigenvalue weighted by Gasteiger charge is 2.39. The molecular weight excluding hydrogens is 238 g/mol. The predicted molar refractivity (Wildman–Crippen MR) is 77.1 cm³/mol. The lowest BCUT2D eigenvalue weighted by Gasteiger charge is -2.32. The number of hydrogen-bond acceptors (Lipinski definition) is 3. The Morgan fingerprint density at radius 1 is 1.16 bits per heavy atom. The molecule has 1 saturated carbocycles. The summed E-state index contributed by atoms with van der Waals surface area (Å²) in [6, 6.07) is 0.250. The maximum atomic E-state index is 12.7. The molecule has 0 radical (unpaired) electrons. The average Bonchev–Trinajstić information content (AvgIpc) is 2.82. The summed E-state index contributed by atoms with van der Waals surface area (Å²) >= 11 is 0. The van der Waals surface area contributed by atoms with Crippen LogP contribution in [-0.4, -0.2) is 31.6 Å². The topological polar surface area (TPSA) is 38.3 Å². The molecule has 0 spiro atoms. The zero-order valence-corrected chi connectivity index (χ0v) is 12.7. The van der Waals surface area contributed by atoms with Gasteiger partial charge in [0.2, 0.25) is 0 Å². The van der Waals surface area contributed by atoms with Gasteiger partial charge < -0.3 is 10.1 Å². The third kappa shape index (κ3) is 3.79. The highest BCUT2D eigenvalue weighted by Crippen LogP contribution is 2.35. The minimum Gasteiger partial charge on any atom is -0.379 e. The number of carbonyl (C=O) groups is 1. The van der Waals surface area contributed by atoms with Crippen LogP contribution in [0.2, 0.25) is 0 Å². The molecule has 110 valence electrons. The van der Waals surface area contributed by atoms with Crippen LogP contribution in [-0.2, 0) is 9.53 Å². The van der Waals surface area contributed by atoms with Crippen molar-refractivity contribution in [3.8, 4) is 0 Å². The molecule has 4 unspecified atom stereocenters. The molecule has 1 aliphatic carbocycles. The van der Waals surface area contributed by atoms with Crippen molar-refractivity contribution in [1.82, 2.24) is 5.32 Å². The van der Waals surface area contributed by atoms with E-state index in [1.165, 1.54) is 6.42 Å². The molecule has 0 aromatic carbocycles. The molecule has 19 heavy (non-hydrogen) atoms. The molecule has 4 atom stereocenters. The Balaban J connectivity index is 1.94. The lowest BCUT2D eigenvalue weighted by atomic mass is 9.72. The van der Waals surface area contributed by atoms with Crippen molar-refractivity contribution in [2.45, 2.75) is 52.5 Å². The molecule has 1 N–H and O–H groups in total. The van der Waals surface area contributed by atoms with Crippen molar-refractivity contribution in [3.63, 3.8) is 0 Å². The van der Waals surface area contributed by atoms with Gasteiger partial charge in [-0.2, -0.15) is 0 Å². The molecule has 0 aromatic heterocycles. The fraction of sp³-hybridized carbons (Fsp3) is 0.938. The van der Waals surface area contributed by atoms with E-state index in [-0.39, 0.29) is 17.9 Å². The second kappa shape index (κ2) is 6.85. The van der Waals surface area contributed by atoms with Gasteiger partial charge >= 0.3 is 0 Å². The van der Waals surface area contributed by atoms with Gasteiger partial charge in [-0.1, -0.05) is 20.8 Å². The molecule has 2 rings (SSSR count). The Kier molecular flexibility index (Phi) is 5.40. The zero-order valence-electron chi connectivity index (χ0n) is 12.7. The van der Waals surface area contributed by atoms with Gasteiger partial charge in [0.15, 0.2) is 0 Å². The van der Waals surface area contributed by atoms with E-state index in [9.17, 15) is 4.79 Å². The van der Waals surface area contributed by atoms with Gasteiger partial charge in [0.25, 0.3) is 0 Å². The first-order chi connectivity index (χ1) is 9.11. The number of Topliss-reactive ketones (excluding diaryl/α,β-unsaturated/α-hetero) is 1. The maximum Gasteiger partial charge on any atom is 0.143 e. The second-order valence-corrected chi connectivity index (χ2v) is 6.72. The van der Waals surface area contributed by atoms with E-state index < -0.39 is 0 Å². The standard InChI is InChI=1S/C16H29NO2/c1-4-5-17-15-10-19-9-14(15)16(18)13-7-11(2)6-12(3)8-13/h11-15,17H,4-10H2,1-3H3. The number of hydrogen-bond donors (Lipinski definition) is 1. The molecule has 1 saturated heterocycles. The van der Waals surface area contributed by atoms with Crippen LogP contribution in [0, 0.1) is 23.7 Å². The van der Waals surface area contributed by atoms with E-state index in [1.54, 1.807) is 0 Å². The zero-order chi connectivity index (χ0) is 13.8. The number of carbonyl (C=O) groups excluding carboxylic acids is 1. The van der Waals surface area contributed by atoms with Gasteiger partial charge in [-0.25, -0.2) is 0 Å². The van der Waals surface area contributed by atoms with Crippen molar-refractivity contribution >= 4 is 5.78 Å². The summed E-state index contributed by atoms with van der Waals surface area (Å²) in [6.07, 6.45) is 4.55. The van der Waals surface area contributed by atoms with E-state index in [4.69, 9.17) is 4.74 Å². The Labute approximate surface area is 117 Å². The summed E-state index contributed by atoms with van der Waals surface area (Å²) in [6.45, 7) is 9.04. The first-order valence-corrected chi connectivity index (χ1v) is 7.96. The Bertz CT molecular complexity index is 295. The highest BCUT2D eigenvalue weighted by molar-refractivity contribution is 5.84. The maximum absolute atomic E-state index is 12.7. The van der Waals surface area contributed by atoms with Crippen LogP contribution in [0.3, 0.4) is 0 Å². The summed E-state index contributed by atoms with van der Waals surface area (Å²) in [4.78, 5) is 12.7. The van der Waals surface area contributed by atoms with Gasteiger partial charge in [-0.15, -0.1) is 0 Å². The Morgan fingerprint density at radius 3 is 2.47 bits per heavy atom. The van der Waals surface area contributed by atoms with Crippen molar-refractivity contribution < 1.29 is 9.53 Å². The van der Waals surface area contributed by atoms with E-state index >= 15 is 0 Å². The quantitative estimate of drug-likeness (QED) is 0.832. The lowest BCUT2D eigenvalue weighted by molar-refractivity contribution is -0.129. The first kappa shape index (κ1) is 15.0. The molecule has 3 heteroatoms. The second-order valence-electron chi connectivity index (χ2n) is 6.72. The van der Waals surface area contributed by atoms with E-state index in [0.29, 0.717) is 30.8 Å². The van der Waals surface area contributed by atoms with Crippen LogP contribution in [0.5, 0.6) is 0 Å². The molecule has 0 aromatic rings. The smallest absolute Gasteiger partial charge is 0.143 e. The first-order valence-electron chi connectivity index (χ1n) is 7.96. The molecule has 2 fully saturated rings. The van der Waals surface area contributed by atoms with E-state index in [2.05, 4.69) is 26.1 Å². The summed E-state index contributed by atoms with van der Waals surface area (Å²) in [5.41, 5.74) is 0. The van der Waals surface area contributed by atoms with Crippen LogP contribution in [0.1, 0.15) is 46.5 Å².